The van der Waals surface area contributed by atoms with Gasteiger partial charge in [0.25, 0.3) is 0 Å². The zero-order chi connectivity index (χ0) is 16.3. The molecule has 1 aliphatic rings. The van der Waals surface area contributed by atoms with Gasteiger partial charge in [-0.25, -0.2) is 8.78 Å². The van der Waals surface area contributed by atoms with Crippen molar-refractivity contribution in [1.29, 1.82) is 0 Å². The van der Waals surface area contributed by atoms with E-state index in [0.717, 1.165) is 6.07 Å². The Labute approximate surface area is 142 Å². The lowest BCUT2D eigenvalue weighted by molar-refractivity contribution is -0.148. The molecule has 1 aromatic carbocycles. The van der Waals surface area contributed by atoms with Crippen molar-refractivity contribution < 1.29 is 23.0 Å². The second-order valence-corrected chi connectivity index (χ2v) is 6.68. The average Bonchev–Trinajstić information content (AvgIpc) is 2.89. The molecule has 0 amide bonds. The van der Waals surface area contributed by atoms with Gasteiger partial charge in [0.15, 0.2) is 0 Å². The van der Waals surface area contributed by atoms with Crippen LogP contribution in [-0.4, -0.2) is 23.6 Å². The van der Waals surface area contributed by atoms with E-state index in [1.54, 1.807) is 13.8 Å². The summed E-state index contributed by atoms with van der Waals surface area (Å²) >= 11 is 2.14. The molecule has 1 heterocycles. The van der Waals surface area contributed by atoms with Crippen LogP contribution in [0.4, 0.5) is 8.78 Å². The highest BCUT2D eigenvalue weighted by atomic mass is 127. The van der Waals surface area contributed by atoms with E-state index in [1.807, 2.05) is 0 Å². The molecule has 0 saturated carbocycles. The van der Waals surface area contributed by atoms with Gasteiger partial charge in [0.05, 0.1) is 19.1 Å². The molecule has 0 aromatic heterocycles. The lowest BCUT2D eigenvalue weighted by atomic mass is 9.89. The molecular formula is C16H19F2IO3. The molecule has 22 heavy (non-hydrogen) atoms. The number of alkyl halides is 1. The minimum Gasteiger partial charge on any atom is -0.465 e. The van der Waals surface area contributed by atoms with E-state index in [9.17, 15) is 13.6 Å². The molecule has 122 valence electrons. The van der Waals surface area contributed by atoms with Gasteiger partial charge >= 0.3 is 5.97 Å². The summed E-state index contributed by atoms with van der Waals surface area (Å²) < 4.78 is 38.8. The summed E-state index contributed by atoms with van der Waals surface area (Å²) in [4.78, 5) is 11.5. The van der Waals surface area contributed by atoms with Crippen LogP contribution in [0, 0.1) is 23.5 Å². The Bertz CT molecular complexity index is 550. The van der Waals surface area contributed by atoms with Gasteiger partial charge in [-0.2, -0.15) is 0 Å². The third-order valence-corrected chi connectivity index (χ3v) is 5.02. The van der Waals surface area contributed by atoms with Crippen LogP contribution < -0.4 is 0 Å². The first-order valence-electron chi connectivity index (χ1n) is 7.20. The fourth-order valence-electron chi connectivity index (χ4n) is 2.55. The number of hydrogen-bond acceptors (Lipinski definition) is 3. The van der Waals surface area contributed by atoms with E-state index in [1.165, 1.54) is 12.1 Å². The van der Waals surface area contributed by atoms with E-state index >= 15 is 0 Å². The molecule has 0 spiro atoms. The van der Waals surface area contributed by atoms with Crippen molar-refractivity contribution in [2.75, 3.05) is 17.6 Å². The number of rotatable bonds is 5. The van der Waals surface area contributed by atoms with Crippen LogP contribution in [0.25, 0.3) is 0 Å². The molecular weight excluding hydrogens is 405 g/mol. The zero-order valence-corrected chi connectivity index (χ0v) is 14.7. The average molecular weight is 424 g/mol. The molecule has 0 radical (unpaired) electrons. The maximum atomic E-state index is 14.1. The van der Waals surface area contributed by atoms with E-state index in [4.69, 9.17) is 9.47 Å². The summed E-state index contributed by atoms with van der Waals surface area (Å²) in [5, 5.41) is 0. The highest BCUT2D eigenvalue weighted by Crippen LogP contribution is 2.42. The highest BCUT2D eigenvalue weighted by Gasteiger charge is 2.43. The highest BCUT2D eigenvalue weighted by molar-refractivity contribution is 14.1. The molecule has 3 nitrogen and oxygen atoms in total. The van der Waals surface area contributed by atoms with Gasteiger partial charge in [0.1, 0.15) is 17.2 Å². The van der Waals surface area contributed by atoms with Crippen molar-refractivity contribution in [1.82, 2.24) is 0 Å². The third-order valence-electron chi connectivity index (χ3n) is 3.78. The van der Waals surface area contributed by atoms with Gasteiger partial charge in [-0.15, -0.1) is 0 Å². The molecule has 0 aliphatic carbocycles. The lowest BCUT2D eigenvalue weighted by Crippen LogP contribution is -2.28. The Kier molecular flexibility index (Phi) is 5.76. The summed E-state index contributed by atoms with van der Waals surface area (Å²) in [6, 6.07) is 3.55. The van der Waals surface area contributed by atoms with E-state index in [0.29, 0.717) is 23.0 Å². The van der Waals surface area contributed by atoms with E-state index in [-0.39, 0.29) is 24.4 Å². The van der Waals surface area contributed by atoms with Crippen LogP contribution in [0.3, 0.4) is 0 Å². The third kappa shape index (κ3) is 3.76. The smallest absolute Gasteiger partial charge is 0.308 e. The first kappa shape index (κ1) is 17.6. The summed E-state index contributed by atoms with van der Waals surface area (Å²) in [7, 11) is 0. The molecule has 2 atom stereocenters. The van der Waals surface area contributed by atoms with Gasteiger partial charge in [0.2, 0.25) is 0 Å². The Morgan fingerprint density at radius 1 is 1.50 bits per heavy atom. The summed E-state index contributed by atoms with van der Waals surface area (Å²) in [6.07, 6.45) is 0.546. The topological polar surface area (TPSA) is 35.5 Å². The minimum atomic E-state index is -0.784. The van der Waals surface area contributed by atoms with E-state index < -0.39 is 17.2 Å². The van der Waals surface area contributed by atoms with Crippen molar-refractivity contribution in [3.63, 3.8) is 0 Å². The normalized spacial score (nSPS) is 24.7. The van der Waals surface area contributed by atoms with Gasteiger partial charge < -0.3 is 9.47 Å². The Morgan fingerprint density at radius 2 is 2.23 bits per heavy atom. The SMILES string of the molecule is CC(C)C(=O)OCC1COC(CI)(c2ccc(F)cc2F)C1. The maximum absolute atomic E-state index is 14.1. The van der Waals surface area contributed by atoms with Crippen LogP contribution in [0.1, 0.15) is 25.8 Å². The van der Waals surface area contributed by atoms with Gasteiger partial charge in [-0.3, -0.25) is 4.79 Å². The van der Waals surface area contributed by atoms with Crippen LogP contribution in [0.2, 0.25) is 0 Å². The van der Waals surface area contributed by atoms with Gasteiger partial charge in [-0.1, -0.05) is 42.5 Å². The van der Waals surface area contributed by atoms with Crippen LogP contribution >= 0.6 is 22.6 Å². The summed E-state index contributed by atoms with van der Waals surface area (Å²) in [5.41, 5.74) is -0.422. The number of ether oxygens (including phenoxy) is 2. The predicted octanol–water partition coefficient (Wildman–Crippen LogP) is 3.83. The molecule has 2 rings (SSSR count). The predicted molar refractivity (Wildman–Crippen MR) is 86.8 cm³/mol. The van der Waals surface area contributed by atoms with Crippen LogP contribution in [0.5, 0.6) is 0 Å². The second kappa shape index (κ2) is 7.21. The number of benzene rings is 1. The number of halogens is 3. The minimum absolute atomic E-state index is 0.0157. The lowest BCUT2D eigenvalue weighted by Gasteiger charge is -2.27. The maximum Gasteiger partial charge on any atom is 0.308 e. The van der Waals surface area contributed by atoms with Crippen LogP contribution in [-0.2, 0) is 19.9 Å². The molecule has 0 bridgehead atoms. The molecule has 1 aromatic rings. The second-order valence-electron chi connectivity index (χ2n) is 5.92. The zero-order valence-electron chi connectivity index (χ0n) is 12.6. The van der Waals surface area contributed by atoms with Crippen molar-refractivity contribution in [3.05, 3.63) is 35.4 Å². The molecule has 1 saturated heterocycles. The van der Waals surface area contributed by atoms with Crippen LogP contribution in [0.15, 0.2) is 18.2 Å². The van der Waals surface area contributed by atoms with Gasteiger partial charge in [0, 0.05) is 22.0 Å². The number of esters is 1. The fourth-order valence-corrected chi connectivity index (χ4v) is 3.49. The molecule has 1 fully saturated rings. The molecule has 6 heteroatoms. The monoisotopic (exact) mass is 424 g/mol. The van der Waals surface area contributed by atoms with Crippen molar-refractivity contribution in [2.24, 2.45) is 11.8 Å². The Hall–Kier alpha value is -0.760. The number of hydrogen-bond donors (Lipinski definition) is 0. The largest absolute Gasteiger partial charge is 0.465 e. The first-order chi connectivity index (χ1) is 10.4. The number of carbonyl (C=O) groups is 1. The van der Waals surface area contributed by atoms with Crippen molar-refractivity contribution in [2.45, 2.75) is 25.9 Å². The van der Waals surface area contributed by atoms with Gasteiger partial charge in [-0.05, 0) is 12.5 Å². The quantitative estimate of drug-likeness (QED) is 0.410. The van der Waals surface area contributed by atoms with Crippen molar-refractivity contribution >= 4 is 28.6 Å². The molecule has 1 aliphatic heterocycles. The van der Waals surface area contributed by atoms with Crippen molar-refractivity contribution in [3.8, 4) is 0 Å². The number of carbonyl (C=O) groups excluding carboxylic acids is 1. The molecule has 2 unspecified atom stereocenters. The molecule has 0 N–H and O–H groups in total. The van der Waals surface area contributed by atoms with E-state index in [2.05, 4.69) is 22.6 Å². The first-order valence-corrected chi connectivity index (χ1v) is 8.72. The standard InChI is InChI=1S/C16H19F2IO3/c1-10(2)15(20)21-7-11-6-16(9-19,22-8-11)13-4-3-12(17)5-14(13)18/h3-5,10-11H,6-9H2,1-2H3. The Balaban J connectivity index is 2.08. The summed E-state index contributed by atoms with van der Waals surface area (Å²) in [5.74, 6) is -1.62. The summed E-state index contributed by atoms with van der Waals surface area (Å²) in [6.45, 7) is 4.20. The fraction of sp³-hybridized carbons (Fsp3) is 0.562. The Morgan fingerprint density at radius 3 is 2.82 bits per heavy atom.